The third kappa shape index (κ3) is 5.82. The van der Waals surface area contributed by atoms with Crippen LogP contribution in [0.4, 0.5) is 0 Å². The first-order valence-electron chi connectivity index (χ1n) is 10.5. The van der Waals surface area contributed by atoms with E-state index in [0.29, 0.717) is 12.0 Å². The van der Waals surface area contributed by atoms with Gasteiger partial charge in [0.1, 0.15) is 18.4 Å². The Bertz CT molecular complexity index is 735. The van der Waals surface area contributed by atoms with Gasteiger partial charge >= 0.3 is 0 Å². The van der Waals surface area contributed by atoms with Crippen LogP contribution >= 0.6 is 0 Å². The molecule has 1 heterocycles. The predicted octanol–water partition coefficient (Wildman–Crippen LogP) is 6.23. The number of nitrogens with zero attached hydrogens (tertiary/aromatic N) is 1. The van der Waals surface area contributed by atoms with Gasteiger partial charge in [-0.1, -0.05) is 93.3 Å². The largest absolute Gasteiger partial charge is 0.250 e. The van der Waals surface area contributed by atoms with Crippen LogP contribution < -0.4 is 4.57 Å². The quantitative estimate of drug-likeness (QED) is 0.308. The minimum atomic E-state index is 0.473. The number of nitrogens with one attached hydrogen (secondary N) is 1. The molecule has 0 saturated carbocycles. The average Bonchev–Trinajstić information content (AvgIpc) is 3.25. The van der Waals surface area contributed by atoms with Crippen molar-refractivity contribution in [2.45, 2.75) is 63.8 Å². The van der Waals surface area contributed by atoms with Gasteiger partial charge in [0.15, 0.2) is 0 Å². The van der Waals surface area contributed by atoms with Crippen molar-refractivity contribution in [3.8, 4) is 0 Å². The maximum Gasteiger partial charge on any atom is 0.241 e. The molecule has 2 heteroatoms. The van der Waals surface area contributed by atoms with E-state index in [1.165, 1.54) is 49.7 Å². The average molecular weight is 362 g/mol. The molecule has 0 bridgehead atoms. The summed E-state index contributed by atoms with van der Waals surface area (Å²) in [5.74, 6) is 0.473. The number of rotatable bonds is 11. The monoisotopic (exact) mass is 361 g/mol. The molecule has 0 aliphatic carbocycles. The van der Waals surface area contributed by atoms with E-state index in [-0.39, 0.29) is 0 Å². The van der Waals surface area contributed by atoms with Crippen molar-refractivity contribution in [3.63, 3.8) is 0 Å². The number of aromatic amines is 1. The number of aromatic nitrogens is 2. The maximum atomic E-state index is 3.25. The summed E-state index contributed by atoms with van der Waals surface area (Å²) in [4.78, 5) is 3.25. The minimum absolute atomic E-state index is 0.473. The molecule has 0 spiro atoms. The first-order chi connectivity index (χ1) is 13.4. The lowest BCUT2D eigenvalue weighted by Gasteiger charge is -2.26. The summed E-state index contributed by atoms with van der Waals surface area (Å²) in [6.07, 6.45) is 15.3. The van der Waals surface area contributed by atoms with E-state index in [0.717, 1.165) is 6.42 Å². The van der Waals surface area contributed by atoms with E-state index in [4.69, 9.17) is 0 Å². The number of H-pyrrole nitrogens is 1. The summed E-state index contributed by atoms with van der Waals surface area (Å²) in [6, 6.07) is 22.5. The molecule has 0 fully saturated rings. The Morgan fingerprint density at radius 1 is 0.852 bits per heavy atom. The highest BCUT2D eigenvalue weighted by Gasteiger charge is 2.28. The first-order valence-corrected chi connectivity index (χ1v) is 10.5. The van der Waals surface area contributed by atoms with E-state index in [9.17, 15) is 0 Å². The van der Waals surface area contributed by atoms with Gasteiger partial charge in [-0.15, -0.1) is 0 Å². The molecule has 2 nitrogen and oxygen atoms in total. The van der Waals surface area contributed by atoms with Gasteiger partial charge in [0, 0.05) is 5.92 Å². The summed E-state index contributed by atoms with van der Waals surface area (Å²) < 4.78 is 2.39. The van der Waals surface area contributed by atoms with Crippen molar-refractivity contribution >= 4 is 0 Å². The van der Waals surface area contributed by atoms with Gasteiger partial charge in [0.05, 0.1) is 0 Å². The molecule has 3 aromatic rings. The van der Waals surface area contributed by atoms with E-state index >= 15 is 0 Å². The molecular formula is C25H33N2+. The van der Waals surface area contributed by atoms with Crippen LogP contribution in [0.2, 0.25) is 0 Å². The summed E-state index contributed by atoms with van der Waals surface area (Å²) in [5, 5.41) is 0. The Morgan fingerprint density at radius 2 is 1.56 bits per heavy atom. The Kier molecular flexibility index (Phi) is 7.70. The first kappa shape index (κ1) is 19.4. The van der Waals surface area contributed by atoms with Crippen molar-refractivity contribution in [2.24, 2.45) is 0 Å². The fourth-order valence-corrected chi connectivity index (χ4v) is 4.07. The van der Waals surface area contributed by atoms with Gasteiger partial charge in [-0.05, 0) is 30.4 Å². The fourth-order valence-electron chi connectivity index (χ4n) is 4.07. The number of hydrogen-bond acceptors (Lipinski definition) is 0. The van der Waals surface area contributed by atoms with E-state index in [2.05, 4.69) is 89.7 Å². The second-order valence-electron chi connectivity index (χ2n) is 7.54. The van der Waals surface area contributed by atoms with E-state index in [1.807, 2.05) is 6.20 Å². The lowest BCUT2D eigenvalue weighted by molar-refractivity contribution is -0.725. The lowest BCUT2D eigenvalue weighted by Crippen LogP contribution is -2.41. The van der Waals surface area contributed by atoms with Gasteiger partial charge in [0.2, 0.25) is 6.33 Å². The molecule has 27 heavy (non-hydrogen) atoms. The zero-order chi connectivity index (χ0) is 18.7. The zero-order valence-corrected chi connectivity index (χ0v) is 16.6. The molecule has 142 valence electrons. The second kappa shape index (κ2) is 10.7. The molecule has 0 aliphatic heterocycles. The van der Waals surface area contributed by atoms with Crippen LogP contribution in [0.25, 0.3) is 0 Å². The summed E-state index contributed by atoms with van der Waals surface area (Å²) in [6.45, 7) is 2.28. The van der Waals surface area contributed by atoms with Crippen LogP contribution in [0, 0.1) is 0 Å². The highest BCUT2D eigenvalue weighted by atomic mass is 15.1. The SMILES string of the molecule is CCCCCCCC(C(Cc1ccccc1)c1ccccc1)[n+]1cc[nH]c1. The molecule has 2 atom stereocenters. The highest BCUT2D eigenvalue weighted by Crippen LogP contribution is 2.32. The van der Waals surface area contributed by atoms with Crippen molar-refractivity contribution in [1.29, 1.82) is 0 Å². The zero-order valence-electron chi connectivity index (χ0n) is 16.6. The molecule has 0 radical (unpaired) electrons. The van der Waals surface area contributed by atoms with Crippen LogP contribution in [0.5, 0.6) is 0 Å². The maximum absolute atomic E-state index is 3.25. The Labute approximate surface area is 164 Å². The highest BCUT2D eigenvalue weighted by molar-refractivity contribution is 5.25. The van der Waals surface area contributed by atoms with E-state index in [1.54, 1.807) is 0 Å². The third-order valence-electron chi connectivity index (χ3n) is 5.54. The minimum Gasteiger partial charge on any atom is -0.250 e. The van der Waals surface area contributed by atoms with Crippen LogP contribution in [0.15, 0.2) is 79.4 Å². The smallest absolute Gasteiger partial charge is 0.241 e. The van der Waals surface area contributed by atoms with E-state index < -0.39 is 0 Å². The Balaban J connectivity index is 1.82. The topological polar surface area (TPSA) is 19.7 Å². The predicted molar refractivity (Wildman–Crippen MR) is 113 cm³/mol. The number of hydrogen-bond donors (Lipinski definition) is 1. The van der Waals surface area contributed by atoms with Gasteiger partial charge in [-0.2, -0.15) is 0 Å². The number of benzene rings is 2. The molecule has 0 aliphatic rings. The van der Waals surface area contributed by atoms with Gasteiger partial charge in [0.25, 0.3) is 0 Å². The fraction of sp³-hybridized carbons (Fsp3) is 0.400. The van der Waals surface area contributed by atoms with Crippen LogP contribution in [0.1, 0.15) is 68.5 Å². The standard InChI is InChI=1S/C25H32N2/c1-2-3-4-5-12-17-25(27-19-18-26-21-27)24(23-15-10-7-11-16-23)20-22-13-8-6-9-14-22/h6-11,13-16,18-19,21,24-25H,2-5,12,17,20H2,1H3/p+1. The molecule has 1 N–H and O–H groups in total. The molecular weight excluding hydrogens is 328 g/mol. The second-order valence-corrected chi connectivity index (χ2v) is 7.54. The molecule has 2 aromatic carbocycles. The van der Waals surface area contributed by atoms with Crippen molar-refractivity contribution in [2.75, 3.05) is 0 Å². The van der Waals surface area contributed by atoms with Gasteiger partial charge in [-0.25, -0.2) is 4.57 Å². The Hall–Kier alpha value is -2.35. The lowest BCUT2D eigenvalue weighted by atomic mass is 9.83. The number of unbranched alkanes of at least 4 members (excludes halogenated alkanes) is 4. The summed E-state index contributed by atoms with van der Waals surface area (Å²) in [7, 11) is 0. The van der Waals surface area contributed by atoms with Crippen molar-refractivity contribution < 1.29 is 4.57 Å². The molecule has 0 saturated heterocycles. The third-order valence-corrected chi connectivity index (χ3v) is 5.54. The van der Waals surface area contributed by atoms with Crippen LogP contribution in [0.3, 0.4) is 0 Å². The molecule has 1 aromatic heterocycles. The number of imidazole rings is 1. The Morgan fingerprint density at radius 3 is 2.22 bits per heavy atom. The van der Waals surface area contributed by atoms with Crippen molar-refractivity contribution in [3.05, 3.63) is 90.5 Å². The van der Waals surface area contributed by atoms with Gasteiger partial charge in [-0.3, -0.25) is 4.98 Å². The summed E-state index contributed by atoms with van der Waals surface area (Å²) in [5.41, 5.74) is 2.85. The van der Waals surface area contributed by atoms with Crippen LogP contribution in [-0.4, -0.2) is 4.98 Å². The van der Waals surface area contributed by atoms with Crippen molar-refractivity contribution in [1.82, 2.24) is 4.98 Å². The molecule has 0 amide bonds. The van der Waals surface area contributed by atoms with Crippen LogP contribution in [-0.2, 0) is 6.42 Å². The van der Waals surface area contributed by atoms with Gasteiger partial charge < -0.3 is 0 Å². The normalized spacial score (nSPS) is 13.4. The molecule has 2 unspecified atom stereocenters. The molecule has 3 rings (SSSR count). The summed E-state index contributed by atoms with van der Waals surface area (Å²) >= 11 is 0.